The predicted octanol–water partition coefficient (Wildman–Crippen LogP) is 2.57. The number of thioether (sulfide) groups is 2. The maximum absolute atomic E-state index is 11.0. The molecule has 1 fully saturated rings. The highest BCUT2D eigenvalue weighted by molar-refractivity contribution is 8.04. The molecule has 1 N–H and O–H groups in total. The van der Waals surface area contributed by atoms with Gasteiger partial charge in [-0.05, 0) is 0 Å². The summed E-state index contributed by atoms with van der Waals surface area (Å²) in [4.78, 5) is 10.6. The van der Waals surface area contributed by atoms with Crippen LogP contribution in [0.15, 0.2) is 20.2 Å². The lowest BCUT2D eigenvalue weighted by atomic mass is 10.5. The van der Waals surface area contributed by atoms with E-state index in [2.05, 4.69) is 0 Å². The molecule has 0 aliphatic carbocycles. The Morgan fingerprint density at radius 1 is 1.65 bits per heavy atom. The first kappa shape index (κ1) is 15.0. The topological polar surface area (TPSA) is 72.6 Å². The summed E-state index contributed by atoms with van der Waals surface area (Å²) < 4.78 is 4.97. The highest BCUT2D eigenvalue weighted by Gasteiger charge is 2.30. The largest absolute Gasteiger partial charge is 0.481 e. The second kappa shape index (κ2) is 7.38. The molecule has 1 aliphatic rings. The lowest BCUT2D eigenvalue weighted by Crippen LogP contribution is -2.05. The summed E-state index contributed by atoms with van der Waals surface area (Å²) in [5.74, 6) is 0.929. The van der Waals surface area contributed by atoms with E-state index in [1.807, 2.05) is 0 Å². The molecule has 1 aliphatic heterocycles. The zero-order chi connectivity index (χ0) is 12.8. The van der Waals surface area contributed by atoms with Crippen LogP contribution in [0.2, 0.25) is 0 Å². The fourth-order valence-corrected chi connectivity index (χ4v) is 3.17. The summed E-state index contributed by atoms with van der Waals surface area (Å²) in [6.07, 6.45) is 0. The molecule has 0 amide bonds. The van der Waals surface area contributed by atoms with Crippen molar-refractivity contribution in [2.45, 2.75) is 0 Å². The summed E-state index contributed by atoms with van der Waals surface area (Å²) in [5, 5.41) is 20.0. The molecule has 0 atom stereocenters. The zero-order valence-corrected chi connectivity index (χ0v) is 11.7. The molecular weight excluding hydrogens is 309 g/mol. The van der Waals surface area contributed by atoms with E-state index in [0.717, 1.165) is 11.8 Å². The van der Waals surface area contributed by atoms with E-state index in [1.165, 1.54) is 11.8 Å². The van der Waals surface area contributed by atoms with E-state index in [9.17, 15) is 10.1 Å². The molecule has 0 spiro atoms. The number of ether oxygens (including phenoxy) is 1. The van der Waals surface area contributed by atoms with Crippen molar-refractivity contribution in [2.24, 2.45) is 0 Å². The second-order valence-electron chi connectivity index (χ2n) is 2.75. The first-order valence-electron chi connectivity index (χ1n) is 4.51. The third-order valence-corrected chi connectivity index (χ3v) is 4.27. The first-order valence-corrected chi connectivity index (χ1v) is 7.24. The van der Waals surface area contributed by atoms with Crippen molar-refractivity contribution < 1.29 is 14.8 Å². The van der Waals surface area contributed by atoms with Crippen LogP contribution in [0.3, 0.4) is 0 Å². The van der Waals surface area contributed by atoms with Crippen LogP contribution in [0.25, 0.3) is 0 Å². The van der Waals surface area contributed by atoms with Gasteiger partial charge in [0.2, 0.25) is 5.09 Å². The van der Waals surface area contributed by atoms with Gasteiger partial charge in [0, 0.05) is 11.5 Å². The van der Waals surface area contributed by atoms with Gasteiger partial charge >= 0.3 is 5.70 Å². The van der Waals surface area contributed by atoms with Gasteiger partial charge in [0.25, 0.3) is 0 Å². The Hall–Kier alpha value is -0.0800. The Morgan fingerprint density at radius 2 is 2.35 bits per heavy atom. The molecule has 17 heavy (non-hydrogen) atoms. The minimum absolute atomic E-state index is 0.121. The second-order valence-corrected chi connectivity index (χ2v) is 5.87. The van der Waals surface area contributed by atoms with E-state index in [0.29, 0.717) is 12.4 Å². The lowest BCUT2D eigenvalue weighted by Gasteiger charge is -2.06. The maximum Gasteiger partial charge on any atom is 0.333 e. The Bertz CT molecular complexity index is 361. The molecule has 1 saturated heterocycles. The standard InChI is InChI=1S/C8H9Cl2NO4S2/c9-7(10)6(16-3-1-12)5(11(13)14)8-15-2-4-17-8/h12H,1-4H2. The smallest absolute Gasteiger partial charge is 0.333 e. The third kappa shape index (κ3) is 4.26. The van der Waals surface area contributed by atoms with Gasteiger partial charge in [-0.1, -0.05) is 35.0 Å². The maximum atomic E-state index is 11.0. The Kier molecular flexibility index (Phi) is 6.50. The molecule has 1 heterocycles. The fourth-order valence-electron chi connectivity index (χ4n) is 1.06. The van der Waals surface area contributed by atoms with Gasteiger partial charge in [-0.15, -0.1) is 11.8 Å². The summed E-state index contributed by atoms with van der Waals surface area (Å²) in [5.41, 5.74) is -0.231. The normalized spacial score (nSPS) is 17.6. The van der Waals surface area contributed by atoms with Crippen molar-refractivity contribution in [3.05, 3.63) is 30.3 Å². The van der Waals surface area contributed by atoms with Crippen molar-refractivity contribution in [2.75, 3.05) is 24.7 Å². The van der Waals surface area contributed by atoms with E-state index < -0.39 is 4.92 Å². The van der Waals surface area contributed by atoms with Crippen LogP contribution in [0.4, 0.5) is 0 Å². The minimum atomic E-state index is -0.571. The molecule has 0 aromatic carbocycles. The number of aliphatic hydroxyl groups is 1. The minimum Gasteiger partial charge on any atom is -0.481 e. The monoisotopic (exact) mass is 317 g/mol. The summed E-state index contributed by atoms with van der Waals surface area (Å²) in [6.45, 7) is 0.304. The number of nitrogens with zero attached hydrogens (tertiary/aromatic N) is 1. The van der Waals surface area contributed by atoms with Gasteiger partial charge in [-0.3, -0.25) is 10.1 Å². The van der Waals surface area contributed by atoms with Gasteiger partial charge in [-0.2, -0.15) is 0 Å². The van der Waals surface area contributed by atoms with Crippen LogP contribution in [0.1, 0.15) is 0 Å². The van der Waals surface area contributed by atoms with E-state index in [1.54, 1.807) is 0 Å². The van der Waals surface area contributed by atoms with Gasteiger partial charge in [-0.25, -0.2) is 0 Å². The average Bonchev–Trinajstić information content (AvgIpc) is 2.76. The number of hydrogen-bond donors (Lipinski definition) is 1. The number of aliphatic hydroxyl groups excluding tert-OH is 1. The average molecular weight is 318 g/mol. The van der Waals surface area contributed by atoms with Crippen molar-refractivity contribution in [3.63, 3.8) is 0 Å². The SMILES string of the molecule is O=[N+]([O-])C(=C1OCCS1)C(SCCO)=C(Cl)Cl. The highest BCUT2D eigenvalue weighted by Crippen LogP contribution is 2.38. The van der Waals surface area contributed by atoms with Gasteiger partial charge < -0.3 is 9.84 Å². The number of halogens is 2. The van der Waals surface area contributed by atoms with Crippen LogP contribution in [0, 0.1) is 10.1 Å². The molecular formula is C8H9Cl2NO4S2. The lowest BCUT2D eigenvalue weighted by molar-refractivity contribution is -0.421. The summed E-state index contributed by atoms with van der Waals surface area (Å²) >= 11 is 13.5. The summed E-state index contributed by atoms with van der Waals surface area (Å²) in [7, 11) is 0. The van der Waals surface area contributed by atoms with Crippen molar-refractivity contribution >= 4 is 46.7 Å². The van der Waals surface area contributed by atoms with Crippen LogP contribution in [-0.2, 0) is 4.74 Å². The molecule has 96 valence electrons. The molecule has 0 bridgehead atoms. The first-order chi connectivity index (χ1) is 8.07. The molecule has 5 nitrogen and oxygen atoms in total. The summed E-state index contributed by atoms with van der Waals surface area (Å²) in [6, 6.07) is 0. The molecule has 0 radical (unpaired) electrons. The Balaban J connectivity index is 3.07. The van der Waals surface area contributed by atoms with Crippen LogP contribution >= 0.6 is 46.7 Å². The Labute approximate surface area is 116 Å². The van der Waals surface area contributed by atoms with E-state index >= 15 is 0 Å². The Morgan fingerprint density at radius 3 is 2.76 bits per heavy atom. The number of nitro groups is 1. The van der Waals surface area contributed by atoms with Gasteiger partial charge in [0.1, 0.15) is 9.40 Å². The van der Waals surface area contributed by atoms with E-state index in [-0.39, 0.29) is 32.5 Å². The number of hydrogen-bond acceptors (Lipinski definition) is 6. The van der Waals surface area contributed by atoms with Crippen molar-refractivity contribution in [3.8, 4) is 0 Å². The quantitative estimate of drug-likeness (QED) is 0.620. The van der Waals surface area contributed by atoms with E-state index in [4.69, 9.17) is 33.0 Å². The fraction of sp³-hybridized carbons (Fsp3) is 0.500. The molecule has 0 unspecified atom stereocenters. The van der Waals surface area contributed by atoms with Crippen molar-refractivity contribution in [1.82, 2.24) is 0 Å². The highest BCUT2D eigenvalue weighted by atomic mass is 35.5. The predicted molar refractivity (Wildman–Crippen MR) is 70.7 cm³/mol. The van der Waals surface area contributed by atoms with Crippen LogP contribution < -0.4 is 0 Å². The zero-order valence-electron chi connectivity index (χ0n) is 8.52. The molecule has 9 heteroatoms. The van der Waals surface area contributed by atoms with Gasteiger partial charge in [0.15, 0.2) is 0 Å². The van der Waals surface area contributed by atoms with Gasteiger partial charge in [0.05, 0.1) is 18.1 Å². The van der Waals surface area contributed by atoms with Crippen LogP contribution in [-0.4, -0.2) is 34.7 Å². The number of rotatable bonds is 5. The third-order valence-electron chi connectivity index (χ3n) is 1.65. The molecule has 1 rings (SSSR count). The molecule has 0 saturated carbocycles. The van der Waals surface area contributed by atoms with Crippen molar-refractivity contribution in [1.29, 1.82) is 0 Å². The molecule has 0 aromatic heterocycles. The molecule has 0 aromatic rings. The van der Waals surface area contributed by atoms with Crippen LogP contribution in [0.5, 0.6) is 0 Å².